The third-order valence-electron chi connectivity index (χ3n) is 2.12. The first-order valence-electron chi connectivity index (χ1n) is 4.43. The van der Waals surface area contributed by atoms with Gasteiger partial charge >= 0.3 is 0 Å². The van der Waals surface area contributed by atoms with Crippen LogP contribution in [0.15, 0.2) is 36.5 Å². The highest BCUT2D eigenvalue weighted by Gasteiger charge is 1.99. The summed E-state index contributed by atoms with van der Waals surface area (Å²) in [6.45, 7) is 0.291. The number of aromatic nitrogens is 1. The lowest BCUT2D eigenvalue weighted by Gasteiger charge is -2.09. The van der Waals surface area contributed by atoms with Gasteiger partial charge in [-0.1, -0.05) is 18.2 Å². The monoisotopic (exact) mass is 221 g/mol. The van der Waals surface area contributed by atoms with Gasteiger partial charge in [-0.2, -0.15) is 0 Å². The van der Waals surface area contributed by atoms with Crippen LogP contribution < -0.4 is 4.72 Å². The van der Waals surface area contributed by atoms with Crippen LogP contribution in [0.4, 0.5) is 0 Å². The van der Waals surface area contributed by atoms with Crippen molar-refractivity contribution in [3.63, 3.8) is 0 Å². The lowest BCUT2D eigenvalue weighted by molar-refractivity contribution is 0.523. The van der Waals surface area contributed by atoms with Gasteiger partial charge in [-0.05, 0) is 17.7 Å². The topological polar surface area (TPSA) is 65.0 Å². The van der Waals surface area contributed by atoms with Crippen molar-refractivity contribution in [3.8, 4) is 0 Å². The zero-order valence-electron chi connectivity index (χ0n) is 7.84. The molecular formula is C10H9N2O2S-. The molecule has 1 atom stereocenters. The standard InChI is InChI=1S/C10H10N2O2S/c13-15(14)12-7-8-5-6-11-10-4-2-1-3-9(8)10/h1-6,12H,7H2,(H,13,14)/p-1. The molecule has 0 aliphatic rings. The van der Waals surface area contributed by atoms with Gasteiger partial charge in [0.1, 0.15) is 0 Å². The molecule has 0 bridgehead atoms. The highest BCUT2D eigenvalue weighted by atomic mass is 32.2. The van der Waals surface area contributed by atoms with Crippen molar-refractivity contribution >= 4 is 22.2 Å². The minimum atomic E-state index is -2.23. The van der Waals surface area contributed by atoms with Crippen LogP contribution in [0, 0.1) is 0 Å². The van der Waals surface area contributed by atoms with Crippen LogP contribution in [-0.2, 0) is 17.8 Å². The van der Waals surface area contributed by atoms with E-state index in [1.807, 2.05) is 30.3 Å². The van der Waals surface area contributed by atoms with Gasteiger partial charge in [0, 0.05) is 29.4 Å². The zero-order chi connectivity index (χ0) is 10.7. The van der Waals surface area contributed by atoms with Crippen LogP contribution in [-0.4, -0.2) is 13.7 Å². The van der Waals surface area contributed by atoms with E-state index in [9.17, 15) is 8.76 Å². The summed E-state index contributed by atoms with van der Waals surface area (Å²) in [4.78, 5) is 4.19. The van der Waals surface area contributed by atoms with Crippen LogP contribution in [0.3, 0.4) is 0 Å². The average Bonchev–Trinajstić information content (AvgIpc) is 2.26. The van der Waals surface area contributed by atoms with Gasteiger partial charge in [0.25, 0.3) is 0 Å². The minimum absolute atomic E-state index is 0.291. The fourth-order valence-corrected chi connectivity index (χ4v) is 1.72. The third-order valence-corrected chi connectivity index (χ3v) is 2.50. The van der Waals surface area contributed by atoms with Crippen LogP contribution in [0.2, 0.25) is 0 Å². The second-order valence-corrected chi connectivity index (χ2v) is 3.80. The molecule has 0 radical (unpaired) electrons. The number of hydrogen-bond donors (Lipinski definition) is 1. The van der Waals surface area contributed by atoms with E-state index in [-0.39, 0.29) is 0 Å². The highest BCUT2D eigenvalue weighted by Crippen LogP contribution is 2.15. The number of para-hydroxylation sites is 1. The first-order chi connectivity index (χ1) is 7.27. The SMILES string of the molecule is O=S([O-])NCc1ccnc2ccccc12. The Labute approximate surface area is 89.8 Å². The quantitative estimate of drug-likeness (QED) is 0.790. The van der Waals surface area contributed by atoms with E-state index in [0.29, 0.717) is 6.54 Å². The van der Waals surface area contributed by atoms with E-state index in [4.69, 9.17) is 0 Å². The first-order valence-corrected chi connectivity index (χ1v) is 5.50. The van der Waals surface area contributed by atoms with E-state index < -0.39 is 11.3 Å². The van der Waals surface area contributed by atoms with Crippen molar-refractivity contribution in [2.24, 2.45) is 0 Å². The van der Waals surface area contributed by atoms with Gasteiger partial charge in [0.05, 0.1) is 5.52 Å². The molecule has 2 rings (SSSR count). The molecule has 1 heterocycles. The van der Waals surface area contributed by atoms with E-state index in [2.05, 4.69) is 9.71 Å². The minimum Gasteiger partial charge on any atom is -0.760 e. The predicted molar refractivity (Wildman–Crippen MR) is 57.5 cm³/mol. The smallest absolute Gasteiger partial charge is 0.0705 e. The zero-order valence-corrected chi connectivity index (χ0v) is 8.66. The molecular weight excluding hydrogens is 212 g/mol. The van der Waals surface area contributed by atoms with Crippen molar-refractivity contribution in [1.29, 1.82) is 0 Å². The van der Waals surface area contributed by atoms with Crippen LogP contribution in [0.25, 0.3) is 10.9 Å². The molecule has 78 valence electrons. The van der Waals surface area contributed by atoms with E-state index >= 15 is 0 Å². The van der Waals surface area contributed by atoms with Gasteiger partial charge in [0.15, 0.2) is 0 Å². The molecule has 0 spiro atoms. The second kappa shape index (κ2) is 4.48. The lowest BCUT2D eigenvalue weighted by atomic mass is 10.1. The van der Waals surface area contributed by atoms with Gasteiger partial charge in [-0.3, -0.25) is 9.19 Å². The number of nitrogens with zero attached hydrogens (tertiary/aromatic N) is 1. The van der Waals surface area contributed by atoms with Crippen molar-refractivity contribution in [1.82, 2.24) is 9.71 Å². The van der Waals surface area contributed by atoms with E-state index in [1.165, 1.54) is 0 Å². The fraction of sp³-hybridized carbons (Fsp3) is 0.100. The van der Waals surface area contributed by atoms with E-state index in [0.717, 1.165) is 16.5 Å². The van der Waals surface area contributed by atoms with Gasteiger partial charge < -0.3 is 4.55 Å². The summed E-state index contributed by atoms with van der Waals surface area (Å²) >= 11 is -2.23. The van der Waals surface area contributed by atoms with Crippen LogP contribution >= 0.6 is 0 Å². The molecule has 0 aliphatic carbocycles. The maximum absolute atomic E-state index is 10.4. The molecule has 0 aliphatic heterocycles. The Morgan fingerprint density at radius 3 is 2.93 bits per heavy atom. The lowest BCUT2D eigenvalue weighted by Crippen LogP contribution is -2.15. The van der Waals surface area contributed by atoms with Crippen molar-refractivity contribution < 1.29 is 8.76 Å². The van der Waals surface area contributed by atoms with Gasteiger partial charge in [-0.15, -0.1) is 0 Å². The molecule has 1 unspecified atom stereocenters. The number of nitrogens with one attached hydrogen (secondary N) is 1. The molecule has 4 nitrogen and oxygen atoms in total. The second-order valence-electron chi connectivity index (χ2n) is 3.04. The largest absolute Gasteiger partial charge is 0.760 e. The number of rotatable bonds is 3. The van der Waals surface area contributed by atoms with Crippen molar-refractivity contribution in [2.45, 2.75) is 6.54 Å². The number of benzene rings is 1. The molecule has 0 fully saturated rings. The summed E-state index contributed by atoms with van der Waals surface area (Å²) in [6.07, 6.45) is 1.67. The Hall–Kier alpha value is -1.30. The highest BCUT2D eigenvalue weighted by molar-refractivity contribution is 7.77. The maximum atomic E-state index is 10.4. The number of pyridine rings is 1. The van der Waals surface area contributed by atoms with Gasteiger partial charge in [0.2, 0.25) is 0 Å². The number of fused-ring (bicyclic) bond motifs is 1. The first kappa shape index (κ1) is 10.2. The predicted octanol–water partition coefficient (Wildman–Crippen LogP) is 1.12. The fourth-order valence-electron chi connectivity index (χ4n) is 1.45. The van der Waals surface area contributed by atoms with Crippen LogP contribution in [0.5, 0.6) is 0 Å². The Bertz CT molecular complexity index is 496. The van der Waals surface area contributed by atoms with E-state index in [1.54, 1.807) is 6.20 Å². The molecule has 0 saturated carbocycles. The van der Waals surface area contributed by atoms with Gasteiger partial charge in [-0.25, -0.2) is 4.72 Å². The molecule has 2 aromatic rings. The van der Waals surface area contributed by atoms with Crippen molar-refractivity contribution in [3.05, 3.63) is 42.1 Å². The molecule has 5 heteroatoms. The molecule has 1 N–H and O–H groups in total. The molecule has 0 amide bonds. The average molecular weight is 221 g/mol. The summed E-state index contributed by atoms with van der Waals surface area (Å²) < 4.78 is 23.1. The molecule has 0 saturated heterocycles. The van der Waals surface area contributed by atoms with Crippen molar-refractivity contribution in [2.75, 3.05) is 0 Å². The Balaban J connectivity index is 2.38. The Kier molecular flexibility index (Phi) is 3.05. The summed E-state index contributed by atoms with van der Waals surface area (Å²) in [5.74, 6) is 0. The summed E-state index contributed by atoms with van der Waals surface area (Å²) in [5, 5.41) is 0.970. The molecule has 15 heavy (non-hydrogen) atoms. The summed E-state index contributed by atoms with van der Waals surface area (Å²) in [5.41, 5.74) is 1.79. The number of hydrogen-bond acceptors (Lipinski definition) is 3. The molecule has 1 aromatic carbocycles. The Morgan fingerprint density at radius 2 is 2.13 bits per heavy atom. The summed E-state index contributed by atoms with van der Waals surface area (Å²) in [7, 11) is 0. The molecule has 1 aromatic heterocycles. The summed E-state index contributed by atoms with van der Waals surface area (Å²) in [6, 6.07) is 9.43. The Morgan fingerprint density at radius 1 is 1.33 bits per heavy atom. The van der Waals surface area contributed by atoms with Crippen LogP contribution in [0.1, 0.15) is 5.56 Å². The maximum Gasteiger partial charge on any atom is 0.0705 e. The third kappa shape index (κ3) is 2.38. The normalized spacial score (nSPS) is 12.9.